The molecule has 2 rings (SSSR count). The molecule has 0 amide bonds. The van der Waals surface area contributed by atoms with Gasteiger partial charge >= 0.3 is 0 Å². The molecule has 1 aromatic carbocycles. The van der Waals surface area contributed by atoms with Gasteiger partial charge in [0.25, 0.3) is 0 Å². The minimum Gasteiger partial charge on any atom is -0.233 e. The van der Waals surface area contributed by atoms with E-state index in [1.807, 2.05) is 0 Å². The first-order chi connectivity index (χ1) is 7.54. The molecule has 2 aromatic rings. The van der Waals surface area contributed by atoms with Crippen molar-refractivity contribution in [1.29, 1.82) is 0 Å². The summed E-state index contributed by atoms with van der Waals surface area (Å²) >= 11 is 14.3. The van der Waals surface area contributed by atoms with Crippen molar-refractivity contribution >= 4 is 50.0 Å². The topological polar surface area (TPSA) is 12.9 Å². The minimum absolute atomic E-state index is 0.0437. The van der Waals surface area contributed by atoms with E-state index in [1.165, 1.54) is 6.07 Å². The molecule has 0 aliphatic rings. The summed E-state index contributed by atoms with van der Waals surface area (Å²) in [4.78, 5) is 3.79. The lowest BCUT2D eigenvalue weighted by atomic mass is 10.1. The lowest BCUT2D eigenvalue weighted by molar-refractivity contribution is 0.609. The number of nitrogens with zero attached hydrogens (tertiary/aromatic N) is 1. The van der Waals surface area contributed by atoms with Gasteiger partial charge in [0.1, 0.15) is 16.5 Å². The van der Waals surface area contributed by atoms with E-state index in [1.54, 1.807) is 0 Å². The van der Waals surface area contributed by atoms with E-state index in [0.717, 1.165) is 6.07 Å². The van der Waals surface area contributed by atoms with Crippen LogP contribution in [0.3, 0.4) is 0 Å². The molecule has 0 unspecified atom stereocenters. The number of fused-ring (bicyclic) bond motifs is 1. The molecule has 0 N–H and O–H groups in total. The van der Waals surface area contributed by atoms with Gasteiger partial charge in [-0.1, -0.05) is 11.6 Å². The summed E-state index contributed by atoms with van der Waals surface area (Å²) in [6.07, 6.45) is 0. The molecule has 0 aliphatic carbocycles. The quantitative estimate of drug-likeness (QED) is 0.421. The second-order valence-electron chi connectivity index (χ2n) is 3.12. The fraction of sp³-hybridized carbons (Fsp3) is 0.100. The summed E-state index contributed by atoms with van der Waals surface area (Å²) < 4.78 is 27.2. The van der Waals surface area contributed by atoms with Crippen molar-refractivity contribution in [2.45, 2.75) is 5.88 Å². The third kappa shape index (κ3) is 1.90. The van der Waals surface area contributed by atoms with Crippen LogP contribution in [0.25, 0.3) is 10.9 Å². The van der Waals surface area contributed by atoms with Gasteiger partial charge in [-0.3, -0.25) is 0 Å². The Morgan fingerprint density at radius 1 is 1.31 bits per heavy atom. The van der Waals surface area contributed by atoms with Crippen LogP contribution in [-0.2, 0) is 5.88 Å². The number of halogens is 5. The highest BCUT2D eigenvalue weighted by Gasteiger charge is 2.14. The SMILES string of the molecule is Fc1c(Br)cc(F)c2nc(Cl)c(CCl)cc12. The molecule has 0 atom stereocenters. The van der Waals surface area contributed by atoms with Crippen molar-refractivity contribution in [2.75, 3.05) is 0 Å². The molecule has 1 nitrogen and oxygen atoms in total. The first kappa shape index (κ1) is 12.0. The fourth-order valence-corrected chi connectivity index (χ4v) is 2.24. The Hall–Kier alpha value is -0.450. The largest absolute Gasteiger partial charge is 0.233 e. The van der Waals surface area contributed by atoms with E-state index in [-0.39, 0.29) is 26.4 Å². The average molecular weight is 327 g/mol. The van der Waals surface area contributed by atoms with Gasteiger partial charge in [0.05, 0.1) is 10.4 Å². The fourth-order valence-electron chi connectivity index (χ4n) is 1.35. The van der Waals surface area contributed by atoms with Gasteiger partial charge in [0, 0.05) is 10.9 Å². The van der Waals surface area contributed by atoms with E-state index < -0.39 is 11.6 Å². The number of aromatic nitrogens is 1. The summed E-state index contributed by atoms with van der Waals surface area (Å²) in [5.41, 5.74) is 0.367. The highest BCUT2D eigenvalue weighted by atomic mass is 79.9. The molecule has 16 heavy (non-hydrogen) atoms. The monoisotopic (exact) mass is 325 g/mol. The van der Waals surface area contributed by atoms with Gasteiger partial charge in [0.15, 0.2) is 5.82 Å². The zero-order valence-electron chi connectivity index (χ0n) is 7.70. The Balaban J connectivity index is 2.90. The van der Waals surface area contributed by atoms with Crippen LogP contribution in [0.5, 0.6) is 0 Å². The standard InChI is InChI=1S/C10H4BrCl2F2N/c11-6-2-7(14)9-5(8(6)15)1-4(3-12)10(13)16-9/h1-2H,3H2. The Morgan fingerprint density at radius 2 is 2.00 bits per heavy atom. The van der Waals surface area contributed by atoms with Crippen LogP contribution >= 0.6 is 39.1 Å². The van der Waals surface area contributed by atoms with Crippen molar-refractivity contribution in [2.24, 2.45) is 0 Å². The summed E-state index contributed by atoms with van der Waals surface area (Å²) in [5.74, 6) is -1.12. The summed E-state index contributed by atoms with van der Waals surface area (Å²) in [6, 6.07) is 2.42. The molecular weight excluding hydrogens is 323 g/mol. The van der Waals surface area contributed by atoms with E-state index in [4.69, 9.17) is 23.2 Å². The summed E-state index contributed by atoms with van der Waals surface area (Å²) in [6.45, 7) is 0. The van der Waals surface area contributed by atoms with Crippen LogP contribution in [0.2, 0.25) is 5.15 Å². The van der Waals surface area contributed by atoms with Crippen LogP contribution in [0.1, 0.15) is 5.56 Å². The molecule has 0 saturated heterocycles. The lowest BCUT2D eigenvalue weighted by Gasteiger charge is -2.06. The molecule has 0 bridgehead atoms. The molecule has 0 aliphatic heterocycles. The molecule has 0 fully saturated rings. The van der Waals surface area contributed by atoms with Gasteiger partial charge in [0.2, 0.25) is 0 Å². The van der Waals surface area contributed by atoms with Crippen LogP contribution in [0, 0.1) is 11.6 Å². The van der Waals surface area contributed by atoms with Gasteiger partial charge in [-0.2, -0.15) is 0 Å². The van der Waals surface area contributed by atoms with Crippen molar-refractivity contribution in [3.8, 4) is 0 Å². The third-order valence-electron chi connectivity index (χ3n) is 2.12. The Morgan fingerprint density at radius 3 is 2.62 bits per heavy atom. The maximum Gasteiger partial charge on any atom is 0.150 e. The van der Waals surface area contributed by atoms with Crippen LogP contribution < -0.4 is 0 Å². The predicted octanol–water partition coefficient (Wildman–Crippen LogP) is 4.67. The van der Waals surface area contributed by atoms with Crippen LogP contribution in [-0.4, -0.2) is 4.98 Å². The molecule has 0 radical (unpaired) electrons. The van der Waals surface area contributed by atoms with E-state index in [0.29, 0.717) is 5.56 Å². The zero-order valence-corrected chi connectivity index (χ0v) is 10.8. The molecule has 6 heteroatoms. The second kappa shape index (κ2) is 4.43. The summed E-state index contributed by atoms with van der Waals surface area (Å²) in [5, 5.41) is 0.148. The van der Waals surface area contributed by atoms with Crippen molar-refractivity contribution in [3.63, 3.8) is 0 Å². The molecule has 0 spiro atoms. The van der Waals surface area contributed by atoms with Gasteiger partial charge in [-0.15, -0.1) is 11.6 Å². The maximum atomic E-state index is 13.7. The number of hydrogen-bond donors (Lipinski definition) is 0. The van der Waals surface area contributed by atoms with Gasteiger partial charge < -0.3 is 0 Å². The zero-order chi connectivity index (χ0) is 11.9. The molecule has 1 aromatic heterocycles. The number of alkyl halides is 1. The van der Waals surface area contributed by atoms with Crippen molar-refractivity contribution < 1.29 is 8.78 Å². The van der Waals surface area contributed by atoms with E-state index in [2.05, 4.69) is 20.9 Å². The van der Waals surface area contributed by atoms with E-state index in [9.17, 15) is 8.78 Å². The summed E-state index contributed by atoms with van der Waals surface area (Å²) in [7, 11) is 0. The third-order valence-corrected chi connectivity index (χ3v) is 3.31. The number of benzene rings is 1. The predicted molar refractivity (Wildman–Crippen MR) is 63.9 cm³/mol. The van der Waals surface area contributed by atoms with Crippen LogP contribution in [0.15, 0.2) is 16.6 Å². The Labute approximate surface area is 109 Å². The number of hydrogen-bond acceptors (Lipinski definition) is 1. The molecule has 84 valence electrons. The highest BCUT2D eigenvalue weighted by molar-refractivity contribution is 9.10. The Bertz CT molecular complexity index is 574. The average Bonchev–Trinajstić information content (AvgIpc) is 2.25. The van der Waals surface area contributed by atoms with Crippen molar-refractivity contribution in [3.05, 3.63) is 39.0 Å². The lowest BCUT2D eigenvalue weighted by Crippen LogP contribution is -1.94. The minimum atomic E-state index is -0.633. The maximum absolute atomic E-state index is 13.7. The van der Waals surface area contributed by atoms with Gasteiger partial charge in [-0.05, 0) is 28.1 Å². The smallest absolute Gasteiger partial charge is 0.150 e. The van der Waals surface area contributed by atoms with E-state index >= 15 is 0 Å². The molecule has 1 heterocycles. The Kier molecular flexibility index (Phi) is 3.33. The number of pyridine rings is 1. The van der Waals surface area contributed by atoms with Crippen LogP contribution in [0.4, 0.5) is 8.78 Å². The number of rotatable bonds is 1. The molecular formula is C10H4BrCl2F2N. The van der Waals surface area contributed by atoms with Gasteiger partial charge in [-0.25, -0.2) is 13.8 Å². The molecule has 0 saturated carbocycles. The highest BCUT2D eigenvalue weighted by Crippen LogP contribution is 2.30. The first-order valence-electron chi connectivity index (χ1n) is 4.23. The normalized spacial score (nSPS) is 11.1. The van der Waals surface area contributed by atoms with Crippen molar-refractivity contribution in [1.82, 2.24) is 4.98 Å². The first-order valence-corrected chi connectivity index (χ1v) is 5.93. The second-order valence-corrected chi connectivity index (χ2v) is 4.60.